The number of β-amino-alcohol motifs (C(OH)–C–C–N with tert-alkyl or cyclic N) is 1. The Balaban J connectivity index is 1.91. The molecule has 0 aromatic carbocycles. The second-order valence-electron chi connectivity index (χ2n) is 8.41. The molecule has 0 saturated carbocycles. The summed E-state index contributed by atoms with van der Waals surface area (Å²) in [5.41, 5.74) is 1.78. The third-order valence-electron chi connectivity index (χ3n) is 5.76. The van der Waals surface area contributed by atoms with E-state index in [1.807, 2.05) is 11.6 Å². The SMILES string of the molecule is CC(C)C(C)c1c(C#N)c(Cl)c2cnc(N[C@@H]3CCN(P(C)(C)=O)CC3O)nn12. The molecule has 2 N–H and O–H groups in total. The number of nitrogens with zero attached hydrogens (tertiary/aromatic N) is 5. The molecule has 1 aliphatic heterocycles. The predicted octanol–water partition coefficient (Wildman–Crippen LogP) is 3.40. The summed E-state index contributed by atoms with van der Waals surface area (Å²) in [5.74, 6) is 0.733. The number of piperidine rings is 1. The monoisotopic (exact) mass is 438 g/mol. The van der Waals surface area contributed by atoms with Crippen LogP contribution in [0.4, 0.5) is 5.95 Å². The maximum absolute atomic E-state index is 12.3. The number of hydrogen-bond acceptors (Lipinski definition) is 6. The lowest BCUT2D eigenvalue weighted by Gasteiger charge is -2.37. The van der Waals surface area contributed by atoms with Crippen LogP contribution in [0.5, 0.6) is 0 Å². The number of fused-ring (bicyclic) bond motifs is 1. The average molecular weight is 439 g/mol. The minimum Gasteiger partial charge on any atom is -0.390 e. The zero-order valence-corrected chi connectivity index (χ0v) is 19.1. The van der Waals surface area contributed by atoms with E-state index in [1.54, 1.807) is 24.0 Å². The van der Waals surface area contributed by atoms with E-state index in [4.69, 9.17) is 11.6 Å². The molecule has 0 amide bonds. The molecule has 0 radical (unpaired) electrons. The van der Waals surface area contributed by atoms with E-state index >= 15 is 0 Å². The standard InChI is InChI=1S/C19H28ClN6O2P/c1-11(2)12(3)18-13(8-21)17(20)15-9-22-19(24-26(15)18)23-14-6-7-25(10-16(14)27)29(4,5)28/h9,11-12,14,16,27H,6-7,10H2,1-5H3,(H,23,24)/t12?,14-,16?/m1/s1. The first-order valence-corrected chi connectivity index (χ1v) is 12.7. The Hall–Kier alpha value is -1.65. The van der Waals surface area contributed by atoms with Crippen molar-refractivity contribution in [3.8, 4) is 6.07 Å². The zero-order chi connectivity index (χ0) is 21.5. The fourth-order valence-corrected chi connectivity index (χ4v) is 5.05. The van der Waals surface area contributed by atoms with Gasteiger partial charge in [-0.25, -0.2) is 9.50 Å². The molecule has 2 unspecified atom stereocenters. The summed E-state index contributed by atoms with van der Waals surface area (Å²) in [6, 6.07) is 1.96. The molecule has 3 heterocycles. The molecule has 0 spiro atoms. The fourth-order valence-electron chi connectivity index (χ4n) is 3.63. The molecular weight excluding hydrogens is 411 g/mol. The molecule has 29 heavy (non-hydrogen) atoms. The summed E-state index contributed by atoms with van der Waals surface area (Å²) in [7, 11) is -2.39. The second kappa shape index (κ2) is 8.23. The van der Waals surface area contributed by atoms with Crippen molar-refractivity contribution in [2.45, 2.75) is 45.3 Å². The van der Waals surface area contributed by atoms with Crippen molar-refractivity contribution in [3.05, 3.63) is 22.5 Å². The first-order valence-electron chi connectivity index (χ1n) is 9.76. The summed E-state index contributed by atoms with van der Waals surface area (Å²) in [4.78, 5) is 4.34. The first-order chi connectivity index (χ1) is 13.5. The van der Waals surface area contributed by atoms with Crippen LogP contribution < -0.4 is 5.32 Å². The quantitative estimate of drug-likeness (QED) is 0.689. The molecule has 1 saturated heterocycles. The van der Waals surface area contributed by atoms with Gasteiger partial charge >= 0.3 is 0 Å². The number of hydrogen-bond donors (Lipinski definition) is 2. The molecule has 1 fully saturated rings. The van der Waals surface area contributed by atoms with Crippen molar-refractivity contribution in [3.63, 3.8) is 0 Å². The minimum atomic E-state index is -2.39. The third kappa shape index (κ3) is 4.29. The summed E-state index contributed by atoms with van der Waals surface area (Å²) < 4.78 is 15.8. The summed E-state index contributed by atoms with van der Waals surface area (Å²) in [6.07, 6.45) is 1.54. The molecule has 2 aromatic heterocycles. The van der Waals surface area contributed by atoms with Gasteiger partial charge in [-0.2, -0.15) is 5.26 Å². The molecule has 2 aromatic rings. The van der Waals surface area contributed by atoms with Crippen molar-refractivity contribution >= 4 is 30.4 Å². The third-order valence-corrected chi connectivity index (χ3v) is 7.87. The van der Waals surface area contributed by atoms with Crippen molar-refractivity contribution in [1.82, 2.24) is 19.3 Å². The lowest BCUT2D eigenvalue weighted by atomic mass is 9.93. The molecule has 1 aliphatic rings. The second-order valence-corrected chi connectivity index (χ2v) is 11.9. The van der Waals surface area contributed by atoms with Gasteiger partial charge < -0.3 is 15.0 Å². The van der Waals surface area contributed by atoms with E-state index in [1.165, 1.54) is 0 Å². The number of halogens is 1. The van der Waals surface area contributed by atoms with Crippen LogP contribution in [0.1, 0.15) is 44.4 Å². The highest BCUT2D eigenvalue weighted by Crippen LogP contribution is 2.43. The Kier molecular flexibility index (Phi) is 6.26. The summed E-state index contributed by atoms with van der Waals surface area (Å²) in [5, 5.41) is 28.3. The van der Waals surface area contributed by atoms with Gasteiger partial charge in [0.1, 0.15) is 18.9 Å². The number of anilines is 1. The summed E-state index contributed by atoms with van der Waals surface area (Å²) in [6.45, 7) is 10.6. The lowest BCUT2D eigenvalue weighted by molar-refractivity contribution is 0.0943. The smallest absolute Gasteiger partial charge is 0.241 e. The fraction of sp³-hybridized carbons (Fsp3) is 0.632. The predicted molar refractivity (Wildman–Crippen MR) is 115 cm³/mol. The molecule has 10 heteroatoms. The summed E-state index contributed by atoms with van der Waals surface area (Å²) >= 11 is 6.42. The van der Waals surface area contributed by atoms with Gasteiger partial charge in [0.05, 0.1) is 34.6 Å². The minimum absolute atomic E-state index is 0.0736. The van der Waals surface area contributed by atoms with E-state index in [-0.39, 0.29) is 12.0 Å². The first kappa shape index (κ1) is 22.0. The van der Waals surface area contributed by atoms with Crippen LogP contribution in [0.25, 0.3) is 5.52 Å². The Morgan fingerprint density at radius 2 is 2.10 bits per heavy atom. The molecule has 158 valence electrons. The van der Waals surface area contributed by atoms with Gasteiger partial charge in [-0.3, -0.25) is 4.67 Å². The highest BCUT2D eigenvalue weighted by molar-refractivity contribution is 7.59. The van der Waals surface area contributed by atoms with Gasteiger partial charge in [0.25, 0.3) is 0 Å². The van der Waals surface area contributed by atoms with Crippen LogP contribution >= 0.6 is 18.9 Å². The van der Waals surface area contributed by atoms with E-state index in [0.717, 1.165) is 5.69 Å². The molecule has 0 aliphatic carbocycles. The Bertz CT molecular complexity index is 995. The number of rotatable bonds is 5. The van der Waals surface area contributed by atoms with Crippen LogP contribution in [-0.4, -0.2) is 62.9 Å². The lowest BCUT2D eigenvalue weighted by Crippen LogP contribution is -2.48. The van der Waals surface area contributed by atoms with Gasteiger partial charge in [-0.05, 0) is 12.3 Å². The van der Waals surface area contributed by atoms with Crippen molar-refractivity contribution in [2.75, 3.05) is 31.7 Å². The highest BCUT2D eigenvalue weighted by atomic mass is 35.5. The molecule has 0 bridgehead atoms. The number of aliphatic hydroxyl groups excluding tert-OH is 1. The van der Waals surface area contributed by atoms with Crippen molar-refractivity contribution < 1.29 is 9.67 Å². The van der Waals surface area contributed by atoms with E-state index in [2.05, 4.69) is 35.3 Å². The topological polar surface area (TPSA) is 107 Å². The van der Waals surface area contributed by atoms with Gasteiger partial charge in [0, 0.05) is 32.3 Å². The largest absolute Gasteiger partial charge is 0.390 e. The number of aromatic nitrogens is 3. The zero-order valence-electron chi connectivity index (χ0n) is 17.4. The van der Waals surface area contributed by atoms with Crippen LogP contribution in [0, 0.1) is 17.2 Å². The van der Waals surface area contributed by atoms with E-state index < -0.39 is 13.4 Å². The van der Waals surface area contributed by atoms with Crippen LogP contribution in [0.2, 0.25) is 5.02 Å². The Morgan fingerprint density at radius 1 is 1.41 bits per heavy atom. The van der Waals surface area contributed by atoms with Crippen molar-refractivity contribution in [2.24, 2.45) is 5.92 Å². The van der Waals surface area contributed by atoms with Gasteiger partial charge in [0.15, 0.2) is 0 Å². The van der Waals surface area contributed by atoms with Gasteiger partial charge in [-0.15, -0.1) is 5.10 Å². The average Bonchev–Trinajstić information content (AvgIpc) is 2.93. The number of nitrogens with one attached hydrogen (secondary N) is 1. The van der Waals surface area contributed by atoms with E-state index in [0.29, 0.717) is 47.5 Å². The Labute approximate surface area is 176 Å². The molecule has 3 atom stereocenters. The van der Waals surface area contributed by atoms with Crippen molar-refractivity contribution in [1.29, 1.82) is 5.26 Å². The maximum atomic E-state index is 12.3. The van der Waals surface area contributed by atoms with Gasteiger partial charge in [-0.1, -0.05) is 32.4 Å². The van der Waals surface area contributed by atoms with E-state index in [9.17, 15) is 14.9 Å². The molecular formula is C19H28ClN6O2P. The van der Waals surface area contributed by atoms with Crippen LogP contribution in [0.3, 0.4) is 0 Å². The number of aliphatic hydroxyl groups is 1. The normalized spacial score (nSPS) is 22.0. The van der Waals surface area contributed by atoms with Crippen LogP contribution in [-0.2, 0) is 4.57 Å². The maximum Gasteiger partial charge on any atom is 0.241 e. The molecule has 3 rings (SSSR count). The van der Waals surface area contributed by atoms with Gasteiger partial charge in [0.2, 0.25) is 5.95 Å². The molecule has 8 nitrogen and oxygen atoms in total. The number of nitriles is 1. The highest BCUT2D eigenvalue weighted by Gasteiger charge is 2.33. The van der Waals surface area contributed by atoms with Crippen LogP contribution in [0.15, 0.2) is 6.20 Å². The Morgan fingerprint density at radius 3 is 2.66 bits per heavy atom.